The number of hydrogen-bond donors (Lipinski definition) is 1. The fourth-order valence-electron chi connectivity index (χ4n) is 3.92. The van der Waals surface area contributed by atoms with E-state index in [1.807, 2.05) is 61.5 Å². The molecule has 2 aromatic carbocycles. The number of ether oxygens (including phenoxy) is 2. The lowest BCUT2D eigenvalue weighted by Crippen LogP contribution is -2.53. The molecule has 1 amide bonds. The van der Waals surface area contributed by atoms with Gasteiger partial charge < -0.3 is 19.5 Å². The van der Waals surface area contributed by atoms with E-state index in [2.05, 4.69) is 4.74 Å². The summed E-state index contributed by atoms with van der Waals surface area (Å²) in [6.07, 6.45) is 0.943. The predicted molar refractivity (Wildman–Crippen MR) is 113 cm³/mol. The lowest BCUT2D eigenvalue weighted by atomic mass is 9.64. The van der Waals surface area contributed by atoms with E-state index in [9.17, 15) is 19.5 Å². The van der Waals surface area contributed by atoms with Crippen LogP contribution in [-0.4, -0.2) is 41.5 Å². The van der Waals surface area contributed by atoms with Gasteiger partial charge in [-0.25, -0.2) is 0 Å². The Labute approximate surface area is 181 Å². The van der Waals surface area contributed by atoms with E-state index in [-0.39, 0.29) is 12.3 Å². The molecule has 7 nitrogen and oxygen atoms in total. The number of nitrogens with zero attached hydrogens (tertiary/aromatic N) is 1. The zero-order chi connectivity index (χ0) is 22.4. The first-order chi connectivity index (χ1) is 14.9. The molecule has 3 unspecified atom stereocenters. The maximum Gasteiger partial charge on any atom is 0.309 e. The third-order valence-electron chi connectivity index (χ3n) is 5.56. The fraction of sp³-hybridized carbons (Fsp3) is 0.375. The Bertz CT molecular complexity index is 911. The number of esters is 1. The number of methoxy groups -OCH3 is 1. The van der Waals surface area contributed by atoms with Gasteiger partial charge in [-0.1, -0.05) is 37.3 Å². The molecule has 0 spiro atoms. The summed E-state index contributed by atoms with van der Waals surface area (Å²) in [5.41, 5.74) is 0.915. The van der Waals surface area contributed by atoms with E-state index in [1.54, 1.807) is 4.90 Å². The molecular weight excluding hydrogens is 398 g/mol. The molecule has 1 aliphatic carbocycles. The SMILES string of the molecule is CCCN(Cc1ccc(Oc2ccccc2)cc1)C(=O)C1CC(C(=O)OC)C1C(=O)O. The summed E-state index contributed by atoms with van der Waals surface area (Å²) in [6.45, 7) is 2.83. The first-order valence-electron chi connectivity index (χ1n) is 10.4. The predicted octanol–water partition coefficient (Wildman–Crippen LogP) is 3.73. The number of carboxylic acid groups (broad SMARTS) is 1. The van der Waals surface area contributed by atoms with Crippen LogP contribution in [0.15, 0.2) is 54.6 Å². The van der Waals surface area contributed by atoms with Crippen LogP contribution >= 0.6 is 0 Å². The smallest absolute Gasteiger partial charge is 0.309 e. The van der Waals surface area contributed by atoms with E-state index < -0.39 is 29.7 Å². The molecule has 2 aromatic rings. The molecule has 1 fully saturated rings. The summed E-state index contributed by atoms with van der Waals surface area (Å²) in [6, 6.07) is 16.9. The Morgan fingerprint density at radius 2 is 1.65 bits per heavy atom. The lowest BCUT2D eigenvalue weighted by Gasteiger charge is -2.41. The van der Waals surface area contributed by atoms with E-state index in [0.29, 0.717) is 18.8 Å². The van der Waals surface area contributed by atoms with Crippen molar-refractivity contribution in [2.75, 3.05) is 13.7 Å². The highest BCUT2D eigenvalue weighted by molar-refractivity contribution is 5.92. The van der Waals surface area contributed by atoms with Gasteiger partial charge in [0, 0.05) is 13.1 Å². The number of amides is 1. The summed E-state index contributed by atoms with van der Waals surface area (Å²) in [5, 5.41) is 9.53. The Balaban J connectivity index is 1.67. The van der Waals surface area contributed by atoms with Gasteiger partial charge in [0.15, 0.2) is 0 Å². The van der Waals surface area contributed by atoms with Crippen LogP contribution in [0, 0.1) is 17.8 Å². The van der Waals surface area contributed by atoms with Crippen LogP contribution in [0.3, 0.4) is 0 Å². The van der Waals surface area contributed by atoms with Crippen molar-refractivity contribution in [2.45, 2.75) is 26.3 Å². The van der Waals surface area contributed by atoms with Crippen LogP contribution in [0.2, 0.25) is 0 Å². The highest BCUT2D eigenvalue weighted by Crippen LogP contribution is 2.42. The van der Waals surface area contributed by atoms with E-state index in [1.165, 1.54) is 7.11 Å². The number of carbonyl (C=O) groups excluding carboxylic acids is 2. The standard InChI is InChI=1S/C24H27NO6/c1-3-13-25(22(26)19-14-20(24(29)30-2)21(19)23(27)28)15-16-9-11-18(12-10-16)31-17-7-5-4-6-8-17/h4-12,19-21H,3,13-15H2,1-2H3,(H,27,28). The number of carboxylic acids is 1. The van der Waals surface area contributed by atoms with Crippen LogP contribution in [0.4, 0.5) is 0 Å². The molecule has 7 heteroatoms. The van der Waals surface area contributed by atoms with Gasteiger partial charge in [-0.05, 0) is 42.7 Å². The molecule has 0 bridgehead atoms. The van der Waals surface area contributed by atoms with Crippen molar-refractivity contribution in [3.05, 3.63) is 60.2 Å². The first-order valence-corrected chi connectivity index (χ1v) is 10.4. The highest BCUT2D eigenvalue weighted by Gasteiger charge is 2.54. The third kappa shape index (κ3) is 5.23. The average Bonchev–Trinajstić information content (AvgIpc) is 2.74. The van der Waals surface area contributed by atoms with Gasteiger partial charge in [0.25, 0.3) is 0 Å². The zero-order valence-corrected chi connectivity index (χ0v) is 17.7. The number of aliphatic carboxylic acids is 1. The van der Waals surface area contributed by atoms with Crippen molar-refractivity contribution in [1.82, 2.24) is 4.90 Å². The Kier molecular flexibility index (Phi) is 7.28. The van der Waals surface area contributed by atoms with E-state index in [4.69, 9.17) is 4.74 Å². The number of benzene rings is 2. The molecule has 0 heterocycles. The van der Waals surface area contributed by atoms with Crippen LogP contribution < -0.4 is 4.74 Å². The monoisotopic (exact) mass is 425 g/mol. The van der Waals surface area contributed by atoms with Crippen LogP contribution in [0.5, 0.6) is 11.5 Å². The van der Waals surface area contributed by atoms with E-state index in [0.717, 1.165) is 17.7 Å². The molecule has 0 saturated heterocycles. The second-order valence-electron chi connectivity index (χ2n) is 7.65. The average molecular weight is 425 g/mol. The molecule has 164 valence electrons. The molecule has 1 saturated carbocycles. The Morgan fingerprint density at radius 1 is 1.00 bits per heavy atom. The molecule has 0 radical (unpaired) electrons. The summed E-state index contributed by atoms with van der Waals surface area (Å²) < 4.78 is 10.5. The summed E-state index contributed by atoms with van der Waals surface area (Å²) in [7, 11) is 1.23. The van der Waals surface area contributed by atoms with Gasteiger partial charge in [-0.2, -0.15) is 0 Å². The van der Waals surface area contributed by atoms with Crippen LogP contribution in [0.1, 0.15) is 25.3 Å². The zero-order valence-electron chi connectivity index (χ0n) is 17.7. The van der Waals surface area contributed by atoms with Crippen molar-refractivity contribution < 1.29 is 29.0 Å². The minimum absolute atomic E-state index is 0.201. The van der Waals surface area contributed by atoms with Crippen molar-refractivity contribution in [3.63, 3.8) is 0 Å². The molecule has 3 rings (SSSR count). The Hall–Kier alpha value is -3.35. The molecular formula is C24H27NO6. The largest absolute Gasteiger partial charge is 0.481 e. The minimum Gasteiger partial charge on any atom is -0.481 e. The van der Waals surface area contributed by atoms with Gasteiger partial charge in [0.2, 0.25) is 5.91 Å². The maximum absolute atomic E-state index is 13.1. The highest BCUT2D eigenvalue weighted by atomic mass is 16.5. The topological polar surface area (TPSA) is 93.1 Å². The van der Waals surface area contributed by atoms with Crippen molar-refractivity contribution in [1.29, 1.82) is 0 Å². The molecule has 3 atom stereocenters. The molecule has 1 aliphatic rings. The third-order valence-corrected chi connectivity index (χ3v) is 5.56. The van der Waals surface area contributed by atoms with E-state index >= 15 is 0 Å². The molecule has 0 aromatic heterocycles. The number of para-hydroxylation sites is 1. The quantitative estimate of drug-likeness (QED) is 0.616. The number of carbonyl (C=O) groups is 3. The van der Waals surface area contributed by atoms with Crippen LogP contribution in [-0.2, 0) is 25.7 Å². The van der Waals surface area contributed by atoms with Crippen molar-refractivity contribution in [2.24, 2.45) is 17.8 Å². The van der Waals surface area contributed by atoms with Gasteiger partial charge in [-0.15, -0.1) is 0 Å². The summed E-state index contributed by atoms with van der Waals surface area (Å²) in [5.74, 6) is -3.05. The normalized spacial score (nSPS) is 19.7. The van der Waals surface area contributed by atoms with Crippen molar-refractivity contribution >= 4 is 17.8 Å². The molecule has 0 aliphatic heterocycles. The summed E-state index contributed by atoms with van der Waals surface area (Å²) >= 11 is 0. The van der Waals surface area contributed by atoms with Gasteiger partial charge in [-0.3, -0.25) is 14.4 Å². The first kappa shape index (κ1) is 22.3. The number of rotatable bonds is 9. The van der Waals surface area contributed by atoms with Gasteiger partial charge >= 0.3 is 11.9 Å². The minimum atomic E-state index is -1.14. The van der Waals surface area contributed by atoms with Gasteiger partial charge in [0.05, 0.1) is 24.9 Å². The van der Waals surface area contributed by atoms with Crippen LogP contribution in [0.25, 0.3) is 0 Å². The summed E-state index contributed by atoms with van der Waals surface area (Å²) in [4.78, 5) is 38.2. The second kappa shape index (κ2) is 10.1. The van der Waals surface area contributed by atoms with Gasteiger partial charge in [0.1, 0.15) is 11.5 Å². The lowest BCUT2D eigenvalue weighted by molar-refractivity contribution is -0.173. The molecule has 31 heavy (non-hydrogen) atoms. The number of hydrogen-bond acceptors (Lipinski definition) is 5. The Morgan fingerprint density at radius 3 is 2.23 bits per heavy atom. The fourth-order valence-corrected chi connectivity index (χ4v) is 3.92. The van der Waals surface area contributed by atoms with Crippen molar-refractivity contribution in [3.8, 4) is 11.5 Å². The second-order valence-corrected chi connectivity index (χ2v) is 7.65. The molecule has 1 N–H and O–H groups in total. The maximum atomic E-state index is 13.1.